The van der Waals surface area contributed by atoms with E-state index in [4.69, 9.17) is 23.2 Å². The molecule has 11 rings (SSSR count). The van der Waals surface area contributed by atoms with E-state index in [9.17, 15) is 0 Å². The van der Waals surface area contributed by atoms with Crippen molar-refractivity contribution in [2.75, 3.05) is 0 Å². The minimum Gasteiger partial charge on any atom is -0.456 e. The Morgan fingerprint density at radius 1 is 0.431 bits per heavy atom. The standard InChI is InChI=1S/C45H27N3O3/c1-2-11-26(12-3-1)43-46-44(27-23-24-30-28-13-4-6-21-37(28)49-39(30)25-27)48-45(47-43)36-20-10-19-35-34-18-9-17-33(41(34)51-42(35)36)32-16-8-15-31-29-14-5-7-22-38(29)50-40(31)32/h1-25,44H,(H,46,47,48). The Hall–Kier alpha value is -6.92. The van der Waals surface area contributed by atoms with E-state index in [0.29, 0.717) is 5.84 Å². The highest BCUT2D eigenvalue weighted by Crippen LogP contribution is 2.42. The van der Waals surface area contributed by atoms with Gasteiger partial charge in [-0.25, -0.2) is 9.98 Å². The van der Waals surface area contributed by atoms with Crippen molar-refractivity contribution in [1.29, 1.82) is 0 Å². The van der Waals surface area contributed by atoms with E-state index in [1.54, 1.807) is 0 Å². The number of nitrogens with zero attached hydrogens (tertiary/aromatic N) is 2. The van der Waals surface area contributed by atoms with E-state index in [-0.39, 0.29) is 0 Å². The first-order chi connectivity index (χ1) is 25.3. The van der Waals surface area contributed by atoms with Crippen LogP contribution in [0, 0.1) is 0 Å². The molecule has 0 amide bonds. The number of aliphatic imine (C=N–C) groups is 2. The monoisotopic (exact) mass is 657 g/mol. The number of hydrogen-bond donors (Lipinski definition) is 1. The highest BCUT2D eigenvalue weighted by molar-refractivity contribution is 6.21. The topological polar surface area (TPSA) is 76.2 Å². The van der Waals surface area contributed by atoms with E-state index >= 15 is 0 Å². The zero-order valence-corrected chi connectivity index (χ0v) is 27.1. The maximum absolute atomic E-state index is 6.89. The molecule has 1 aliphatic heterocycles. The zero-order valence-electron chi connectivity index (χ0n) is 27.1. The van der Waals surface area contributed by atoms with Gasteiger partial charge in [0.25, 0.3) is 0 Å². The van der Waals surface area contributed by atoms with Gasteiger partial charge < -0.3 is 18.6 Å². The molecule has 7 aromatic carbocycles. The molecular formula is C45H27N3O3. The van der Waals surface area contributed by atoms with Crippen molar-refractivity contribution in [2.45, 2.75) is 6.17 Å². The van der Waals surface area contributed by atoms with E-state index < -0.39 is 6.17 Å². The highest BCUT2D eigenvalue weighted by atomic mass is 16.3. The van der Waals surface area contributed by atoms with Gasteiger partial charge in [-0.15, -0.1) is 0 Å². The molecule has 0 fully saturated rings. The van der Waals surface area contributed by atoms with Crippen LogP contribution < -0.4 is 5.32 Å². The summed E-state index contributed by atoms with van der Waals surface area (Å²) in [6.07, 6.45) is -0.411. The second-order valence-corrected chi connectivity index (χ2v) is 12.9. The number of hydrogen-bond acceptors (Lipinski definition) is 6. The lowest BCUT2D eigenvalue weighted by Gasteiger charge is -2.23. The number of rotatable bonds is 4. The quantitative estimate of drug-likeness (QED) is 0.204. The average molecular weight is 658 g/mol. The van der Waals surface area contributed by atoms with Crippen molar-refractivity contribution in [1.82, 2.24) is 5.32 Å². The summed E-state index contributed by atoms with van der Waals surface area (Å²) in [5, 5.41) is 9.96. The van der Waals surface area contributed by atoms with Crippen LogP contribution in [0.5, 0.6) is 0 Å². The van der Waals surface area contributed by atoms with Gasteiger partial charge in [-0.1, -0.05) is 127 Å². The lowest BCUT2D eigenvalue weighted by Crippen LogP contribution is -2.33. The Bertz CT molecular complexity index is 3070. The number of nitrogens with one attached hydrogen (secondary N) is 1. The molecule has 0 bridgehead atoms. The Balaban J connectivity index is 1.10. The maximum Gasteiger partial charge on any atom is 0.163 e. The van der Waals surface area contributed by atoms with Crippen molar-refractivity contribution in [3.8, 4) is 11.1 Å². The molecule has 3 aromatic heterocycles. The van der Waals surface area contributed by atoms with Crippen molar-refractivity contribution in [2.24, 2.45) is 9.98 Å². The first-order valence-electron chi connectivity index (χ1n) is 17.0. The van der Waals surface area contributed by atoms with Gasteiger partial charge >= 0.3 is 0 Å². The van der Waals surface area contributed by atoms with Crippen LogP contribution in [0.4, 0.5) is 0 Å². The predicted octanol–water partition coefficient (Wildman–Crippen LogP) is 11.5. The van der Waals surface area contributed by atoms with Crippen LogP contribution in [0.2, 0.25) is 0 Å². The van der Waals surface area contributed by atoms with E-state index in [0.717, 1.165) is 99.5 Å². The lowest BCUT2D eigenvalue weighted by molar-refractivity contribution is 0.653. The van der Waals surface area contributed by atoms with E-state index in [1.165, 1.54) is 0 Å². The molecule has 1 unspecified atom stereocenters. The van der Waals surface area contributed by atoms with Gasteiger partial charge in [0.2, 0.25) is 0 Å². The minimum atomic E-state index is -0.411. The zero-order chi connectivity index (χ0) is 33.5. The summed E-state index contributed by atoms with van der Waals surface area (Å²) in [6.45, 7) is 0. The number of para-hydroxylation sites is 5. The first kappa shape index (κ1) is 28.0. The summed E-state index contributed by atoms with van der Waals surface area (Å²) in [4.78, 5) is 10.3. The summed E-state index contributed by atoms with van der Waals surface area (Å²) >= 11 is 0. The van der Waals surface area contributed by atoms with Crippen LogP contribution in [-0.2, 0) is 0 Å². The Kier molecular flexibility index (Phi) is 5.92. The second kappa shape index (κ2) is 10.8. The molecule has 240 valence electrons. The van der Waals surface area contributed by atoms with Gasteiger partial charge in [-0.3, -0.25) is 0 Å². The van der Waals surface area contributed by atoms with Gasteiger partial charge in [0.1, 0.15) is 45.5 Å². The summed E-state index contributed by atoms with van der Waals surface area (Å²) in [7, 11) is 0. The molecule has 51 heavy (non-hydrogen) atoms. The molecule has 10 aromatic rings. The van der Waals surface area contributed by atoms with Gasteiger partial charge in [-0.2, -0.15) is 0 Å². The molecule has 1 aliphatic rings. The summed E-state index contributed by atoms with van der Waals surface area (Å²) in [6, 6.07) is 51.5. The molecule has 0 saturated heterocycles. The lowest BCUT2D eigenvalue weighted by atomic mass is 9.99. The molecule has 1 atom stereocenters. The van der Waals surface area contributed by atoms with Crippen molar-refractivity contribution in [3.63, 3.8) is 0 Å². The number of benzene rings is 7. The SMILES string of the molecule is c1ccc(C2=NC(c3cccc4c3oc3c(-c5cccc6c5oc5ccccc56)cccc34)=NC(c3ccc4c(c3)oc3ccccc34)N2)cc1. The van der Waals surface area contributed by atoms with E-state index in [2.05, 4.69) is 96.3 Å². The van der Waals surface area contributed by atoms with Crippen LogP contribution >= 0.6 is 0 Å². The Morgan fingerprint density at radius 2 is 0.980 bits per heavy atom. The Labute approximate surface area is 291 Å². The normalized spacial score (nSPS) is 14.9. The van der Waals surface area contributed by atoms with Crippen molar-refractivity contribution in [3.05, 3.63) is 168 Å². The van der Waals surface area contributed by atoms with Crippen molar-refractivity contribution >= 4 is 77.5 Å². The molecule has 0 spiro atoms. The number of furan rings is 3. The van der Waals surface area contributed by atoms with Crippen molar-refractivity contribution < 1.29 is 13.3 Å². The molecule has 1 N–H and O–H groups in total. The van der Waals surface area contributed by atoms with Crippen LogP contribution in [-0.4, -0.2) is 11.7 Å². The van der Waals surface area contributed by atoms with Crippen LogP contribution in [0.15, 0.2) is 175 Å². The van der Waals surface area contributed by atoms with Crippen LogP contribution in [0.1, 0.15) is 22.9 Å². The predicted molar refractivity (Wildman–Crippen MR) is 206 cm³/mol. The van der Waals surface area contributed by atoms with E-state index in [1.807, 2.05) is 60.7 Å². The average Bonchev–Trinajstić information content (AvgIpc) is 3.89. The molecule has 0 saturated carbocycles. The largest absolute Gasteiger partial charge is 0.456 e. The maximum atomic E-state index is 6.89. The highest BCUT2D eigenvalue weighted by Gasteiger charge is 2.25. The minimum absolute atomic E-state index is 0.411. The molecule has 6 heteroatoms. The second-order valence-electron chi connectivity index (χ2n) is 12.9. The molecular weight excluding hydrogens is 631 g/mol. The van der Waals surface area contributed by atoms with Gasteiger partial charge in [0, 0.05) is 54.6 Å². The fourth-order valence-electron chi connectivity index (χ4n) is 7.56. The number of fused-ring (bicyclic) bond motifs is 9. The van der Waals surface area contributed by atoms with Gasteiger partial charge in [-0.05, 0) is 24.3 Å². The molecule has 0 aliphatic carbocycles. The van der Waals surface area contributed by atoms with Crippen LogP contribution in [0.25, 0.3) is 76.9 Å². The smallest absolute Gasteiger partial charge is 0.163 e. The Morgan fingerprint density at radius 3 is 1.73 bits per heavy atom. The van der Waals surface area contributed by atoms with Crippen LogP contribution in [0.3, 0.4) is 0 Å². The van der Waals surface area contributed by atoms with Gasteiger partial charge in [0.05, 0.1) is 5.56 Å². The fourth-order valence-corrected chi connectivity index (χ4v) is 7.56. The summed E-state index contributed by atoms with van der Waals surface area (Å²) in [5.41, 5.74) is 9.64. The number of amidine groups is 2. The third-order valence-electron chi connectivity index (χ3n) is 9.97. The molecule has 6 nitrogen and oxygen atoms in total. The van der Waals surface area contributed by atoms with Gasteiger partial charge in [0.15, 0.2) is 5.84 Å². The molecule has 4 heterocycles. The third-order valence-corrected chi connectivity index (χ3v) is 9.97. The fraction of sp³-hybridized carbons (Fsp3) is 0.0222. The third kappa shape index (κ3) is 4.30. The summed E-state index contributed by atoms with van der Waals surface area (Å²) in [5.74, 6) is 1.33. The molecule has 0 radical (unpaired) electrons. The summed E-state index contributed by atoms with van der Waals surface area (Å²) < 4.78 is 19.6. The first-order valence-corrected chi connectivity index (χ1v) is 17.0.